The van der Waals surface area contributed by atoms with Crippen molar-refractivity contribution >= 4 is 29.9 Å². The number of rotatable bonds is 6. The van der Waals surface area contributed by atoms with Crippen molar-refractivity contribution in [2.75, 3.05) is 20.1 Å². The molecular formula is C15H28IN5. The molecule has 0 aliphatic heterocycles. The lowest BCUT2D eigenvalue weighted by molar-refractivity contribution is 0.334. The van der Waals surface area contributed by atoms with E-state index in [1.807, 2.05) is 30.2 Å². The number of aryl methyl sites for hydroxylation is 1. The molecular weight excluding hydrogens is 377 g/mol. The molecule has 6 heteroatoms. The van der Waals surface area contributed by atoms with Crippen LogP contribution in [0.4, 0.5) is 0 Å². The molecule has 2 rings (SSSR count). The van der Waals surface area contributed by atoms with Gasteiger partial charge in [0.15, 0.2) is 5.96 Å². The summed E-state index contributed by atoms with van der Waals surface area (Å²) in [6.45, 7) is 5.24. The van der Waals surface area contributed by atoms with E-state index in [9.17, 15) is 0 Å². The van der Waals surface area contributed by atoms with E-state index < -0.39 is 0 Å². The van der Waals surface area contributed by atoms with Gasteiger partial charge >= 0.3 is 0 Å². The zero-order valence-corrected chi connectivity index (χ0v) is 15.5. The fourth-order valence-corrected chi connectivity index (χ4v) is 2.80. The number of guanidine groups is 1. The Hall–Kier alpha value is -0.790. The molecule has 0 radical (unpaired) electrons. The van der Waals surface area contributed by atoms with Crippen molar-refractivity contribution in [1.29, 1.82) is 0 Å². The lowest BCUT2D eigenvalue weighted by Gasteiger charge is -2.25. The van der Waals surface area contributed by atoms with Crippen molar-refractivity contribution in [1.82, 2.24) is 20.4 Å². The van der Waals surface area contributed by atoms with Gasteiger partial charge in [-0.3, -0.25) is 9.67 Å². The minimum atomic E-state index is 0. The van der Waals surface area contributed by atoms with Crippen LogP contribution in [-0.4, -0.2) is 35.9 Å². The van der Waals surface area contributed by atoms with E-state index in [0.29, 0.717) is 5.41 Å². The van der Waals surface area contributed by atoms with E-state index in [2.05, 4.69) is 27.6 Å². The van der Waals surface area contributed by atoms with Gasteiger partial charge in [-0.2, -0.15) is 5.10 Å². The smallest absolute Gasteiger partial charge is 0.190 e. The standard InChI is InChI=1S/C15H27N5.HI/c1-15(7-3-4-8-15)13-18-14(16-2)17-9-5-11-20-12-6-10-19-20;/h6,10,12H,3-5,7-9,11,13H2,1-2H3,(H2,16,17,18);1H. The minimum absolute atomic E-state index is 0. The lowest BCUT2D eigenvalue weighted by Crippen LogP contribution is -2.42. The Kier molecular flexibility index (Phi) is 8.06. The third kappa shape index (κ3) is 6.23. The molecule has 0 atom stereocenters. The SMILES string of the molecule is CN=C(NCCCn1cccn1)NCC1(C)CCCC1.I. The molecule has 5 nitrogen and oxygen atoms in total. The van der Waals surface area contributed by atoms with Gasteiger partial charge in [0.25, 0.3) is 0 Å². The highest BCUT2D eigenvalue weighted by Crippen LogP contribution is 2.36. The maximum atomic E-state index is 4.29. The van der Waals surface area contributed by atoms with Crippen LogP contribution < -0.4 is 10.6 Å². The molecule has 0 aromatic carbocycles. The topological polar surface area (TPSA) is 54.2 Å². The summed E-state index contributed by atoms with van der Waals surface area (Å²) in [6.07, 6.45) is 10.2. The Morgan fingerprint density at radius 3 is 2.71 bits per heavy atom. The van der Waals surface area contributed by atoms with E-state index >= 15 is 0 Å². The molecule has 0 spiro atoms. The zero-order chi connectivity index (χ0) is 14.3. The largest absolute Gasteiger partial charge is 0.356 e. The van der Waals surface area contributed by atoms with Crippen LogP contribution >= 0.6 is 24.0 Å². The molecule has 1 saturated carbocycles. The third-order valence-corrected chi connectivity index (χ3v) is 4.13. The predicted molar refractivity (Wildman–Crippen MR) is 98.2 cm³/mol. The van der Waals surface area contributed by atoms with E-state index in [1.54, 1.807) is 0 Å². The second-order valence-electron chi connectivity index (χ2n) is 5.99. The summed E-state index contributed by atoms with van der Waals surface area (Å²) in [5, 5.41) is 11.0. The van der Waals surface area contributed by atoms with Crippen LogP contribution in [0.3, 0.4) is 0 Å². The van der Waals surface area contributed by atoms with Crippen molar-refractivity contribution in [3.8, 4) is 0 Å². The molecule has 1 fully saturated rings. The highest BCUT2D eigenvalue weighted by molar-refractivity contribution is 14.0. The summed E-state index contributed by atoms with van der Waals surface area (Å²) in [5.41, 5.74) is 0.451. The molecule has 1 aliphatic rings. The molecule has 0 amide bonds. The Bertz CT molecular complexity index is 410. The van der Waals surface area contributed by atoms with Gasteiger partial charge in [-0.15, -0.1) is 24.0 Å². The first-order chi connectivity index (χ1) is 9.72. The Morgan fingerprint density at radius 2 is 2.10 bits per heavy atom. The highest BCUT2D eigenvalue weighted by atomic mass is 127. The maximum absolute atomic E-state index is 4.29. The van der Waals surface area contributed by atoms with Crippen LogP contribution in [0, 0.1) is 5.41 Å². The Morgan fingerprint density at radius 1 is 1.33 bits per heavy atom. The summed E-state index contributed by atoms with van der Waals surface area (Å²) in [4.78, 5) is 4.29. The number of nitrogens with zero attached hydrogens (tertiary/aromatic N) is 3. The molecule has 0 saturated heterocycles. The van der Waals surface area contributed by atoms with Crippen molar-refractivity contribution in [2.24, 2.45) is 10.4 Å². The number of aromatic nitrogens is 2. The van der Waals surface area contributed by atoms with Crippen LogP contribution in [0.5, 0.6) is 0 Å². The van der Waals surface area contributed by atoms with Crippen LogP contribution in [0.15, 0.2) is 23.5 Å². The summed E-state index contributed by atoms with van der Waals surface area (Å²) in [6, 6.07) is 1.95. The molecule has 1 aliphatic carbocycles. The highest BCUT2D eigenvalue weighted by Gasteiger charge is 2.28. The van der Waals surface area contributed by atoms with Gasteiger partial charge in [-0.05, 0) is 30.7 Å². The van der Waals surface area contributed by atoms with Crippen molar-refractivity contribution < 1.29 is 0 Å². The van der Waals surface area contributed by atoms with Gasteiger partial charge in [0.2, 0.25) is 0 Å². The van der Waals surface area contributed by atoms with E-state index in [1.165, 1.54) is 25.7 Å². The Labute approximate surface area is 145 Å². The maximum Gasteiger partial charge on any atom is 0.190 e. The molecule has 1 heterocycles. The van der Waals surface area contributed by atoms with Gasteiger partial charge in [-0.25, -0.2) is 0 Å². The average Bonchev–Trinajstić information content (AvgIpc) is 3.10. The molecule has 2 N–H and O–H groups in total. The van der Waals surface area contributed by atoms with E-state index in [0.717, 1.165) is 32.0 Å². The quantitative estimate of drug-likeness (QED) is 0.331. The molecule has 0 unspecified atom stereocenters. The van der Waals surface area contributed by atoms with Crippen molar-refractivity contribution in [3.63, 3.8) is 0 Å². The van der Waals surface area contributed by atoms with E-state index in [-0.39, 0.29) is 24.0 Å². The molecule has 1 aromatic rings. The lowest BCUT2D eigenvalue weighted by atomic mass is 9.89. The predicted octanol–water partition coefficient (Wildman–Crippen LogP) is 2.64. The first kappa shape index (κ1) is 18.3. The van der Waals surface area contributed by atoms with Crippen LogP contribution in [-0.2, 0) is 6.54 Å². The average molecular weight is 405 g/mol. The minimum Gasteiger partial charge on any atom is -0.356 e. The number of aliphatic imine (C=N–C) groups is 1. The monoisotopic (exact) mass is 405 g/mol. The van der Waals surface area contributed by atoms with Gasteiger partial charge in [-0.1, -0.05) is 19.8 Å². The zero-order valence-electron chi connectivity index (χ0n) is 13.1. The summed E-state index contributed by atoms with van der Waals surface area (Å²) in [5.74, 6) is 0.915. The van der Waals surface area contributed by atoms with Gasteiger partial charge in [0.05, 0.1) is 0 Å². The fourth-order valence-electron chi connectivity index (χ4n) is 2.80. The molecule has 1 aromatic heterocycles. The van der Waals surface area contributed by atoms with Crippen LogP contribution in [0.25, 0.3) is 0 Å². The van der Waals surface area contributed by atoms with Gasteiger partial charge in [0.1, 0.15) is 0 Å². The van der Waals surface area contributed by atoms with Gasteiger partial charge < -0.3 is 10.6 Å². The van der Waals surface area contributed by atoms with Crippen molar-refractivity contribution in [2.45, 2.75) is 45.6 Å². The van der Waals surface area contributed by atoms with Crippen molar-refractivity contribution in [3.05, 3.63) is 18.5 Å². The summed E-state index contributed by atoms with van der Waals surface area (Å²) >= 11 is 0. The number of halogens is 1. The second kappa shape index (κ2) is 9.27. The fraction of sp³-hybridized carbons (Fsp3) is 0.733. The number of hydrogen-bond acceptors (Lipinski definition) is 2. The van der Waals surface area contributed by atoms with Crippen LogP contribution in [0.1, 0.15) is 39.0 Å². The summed E-state index contributed by atoms with van der Waals surface area (Å²) < 4.78 is 1.96. The molecule has 21 heavy (non-hydrogen) atoms. The molecule has 120 valence electrons. The third-order valence-electron chi connectivity index (χ3n) is 4.13. The summed E-state index contributed by atoms with van der Waals surface area (Å²) in [7, 11) is 1.83. The van der Waals surface area contributed by atoms with Crippen LogP contribution in [0.2, 0.25) is 0 Å². The normalized spacial score (nSPS) is 17.3. The number of nitrogens with one attached hydrogen (secondary N) is 2. The first-order valence-electron chi connectivity index (χ1n) is 7.64. The first-order valence-corrected chi connectivity index (χ1v) is 7.64. The second-order valence-corrected chi connectivity index (χ2v) is 5.99. The Balaban J connectivity index is 0.00000220. The molecule has 0 bridgehead atoms. The number of hydrogen-bond donors (Lipinski definition) is 2. The van der Waals surface area contributed by atoms with Gasteiger partial charge in [0, 0.05) is 39.1 Å². The van der Waals surface area contributed by atoms with E-state index in [4.69, 9.17) is 0 Å².